The molecule has 0 heterocycles. The van der Waals surface area contributed by atoms with Crippen molar-refractivity contribution in [3.63, 3.8) is 0 Å². The number of aldehydes is 1. The maximum Gasteiger partial charge on any atom is 0.116 e. The van der Waals surface area contributed by atoms with Gasteiger partial charge < -0.3 is 4.79 Å². The fourth-order valence-electron chi connectivity index (χ4n) is 0. The first-order chi connectivity index (χ1) is 1.41. The molecule has 0 aliphatic carbocycles. The maximum absolute atomic E-state index is 8.81. The number of rotatable bonds is 0. The van der Waals surface area contributed by atoms with Crippen molar-refractivity contribution < 1.29 is 135 Å². The molecule has 0 amide bonds. The summed E-state index contributed by atoms with van der Waals surface area (Å²) in [6.45, 7) is 1.44. The second-order valence-electron chi connectivity index (χ2n) is 0.236. The van der Waals surface area contributed by atoms with Crippen LogP contribution in [0.1, 0.15) is 6.92 Å². The van der Waals surface area contributed by atoms with Crippen LogP contribution in [0, 0.1) is 0 Å². The van der Waals surface area contributed by atoms with Gasteiger partial charge in [-0.05, 0) is 6.92 Å². The van der Waals surface area contributed by atoms with Crippen LogP contribution >= 0.6 is 0 Å². The van der Waals surface area contributed by atoms with Gasteiger partial charge in [-0.1, -0.05) is 0 Å². The van der Waals surface area contributed by atoms with E-state index in [0.717, 1.165) is 6.29 Å². The Morgan fingerprint density at radius 3 is 0.778 bits per heavy atom. The molecule has 0 aromatic carbocycles. The molecule has 0 fully saturated rings. The molecule has 0 rings (SSSR count). The Labute approximate surface area is 145 Å². The molecular formula is C2H4OTi6. The zero-order valence-corrected chi connectivity index (χ0v) is 14.4. The Morgan fingerprint density at radius 1 is 0.778 bits per heavy atom. The van der Waals surface area contributed by atoms with Crippen LogP contribution in [0.5, 0.6) is 0 Å². The van der Waals surface area contributed by atoms with Gasteiger partial charge in [-0.3, -0.25) is 0 Å². The Kier molecular flexibility index (Phi) is 339. The van der Waals surface area contributed by atoms with Gasteiger partial charge in [0.2, 0.25) is 0 Å². The van der Waals surface area contributed by atoms with Gasteiger partial charge in [0.05, 0.1) is 0 Å². The Hall–Kier alpha value is 3.96. The first kappa shape index (κ1) is 52.2. The summed E-state index contributed by atoms with van der Waals surface area (Å²) in [6, 6.07) is 0. The summed E-state index contributed by atoms with van der Waals surface area (Å²) in [6.07, 6.45) is 0.750. The number of carbonyl (C=O) groups excluding carboxylic acids is 1. The predicted octanol–water partition coefficient (Wildman–Crippen LogP) is 0.190. The summed E-state index contributed by atoms with van der Waals surface area (Å²) in [5.74, 6) is 0. The molecule has 0 aromatic heterocycles. The van der Waals surface area contributed by atoms with E-state index in [1.54, 1.807) is 0 Å². The second-order valence-corrected chi connectivity index (χ2v) is 0.236. The molecule has 0 aromatic rings. The Morgan fingerprint density at radius 2 is 0.778 bits per heavy atom. The fraction of sp³-hybridized carbons (Fsp3) is 0.500. The number of hydrogen-bond acceptors (Lipinski definition) is 1. The largest absolute Gasteiger partial charge is 0.304 e. The van der Waals surface area contributed by atoms with Crippen LogP contribution in [0.4, 0.5) is 0 Å². The van der Waals surface area contributed by atoms with Gasteiger partial charge in [-0.25, -0.2) is 0 Å². The monoisotopic (exact) mass is 332 g/mol. The minimum atomic E-state index is 0. The van der Waals surface area contributed by atoms with E-state index in [1.165, 1.54) is 6.92 Å². The molecule has 1 nitrogen and oxygen atoms in total. The van der Waals surface area contributed by atoms with Crippen LogP contribution in [0.25, 0.3) is 0 Å². The SMILES string of the molecule is CC=O.[Ti].[Ti].[Ti].[Ti].[Ti].[Ti]. The van der Waals surface area contributed by atoms with Gasteiger partial charge in [-0.15, -0.1) is 0 Å². The van der Waals surface area contributed by atoms with Crippen LogP contribution in [-0.2, 0) is 135 Å². The van der Waals surface area contributed by atoms with E-state index in [9.17, 15) is 0 Å². The van der Waals surface area contributed by atoms with E-state index in [1.807, 2.05) is 0 Å². The molecule has 42 valence electrons. The van der Waals surface area contributed by atoms with Gasteiger partial charge in [0.25, 0.3) is 0 Å². The fourth-order valence-corrected chi connectivity index (χ4v) is 0. The molecule has 0 atom stereocenters. The van der Waals surface area contributed by atoms with Gasteiger partial charge in [-0.2, -0.15) is 0 Å². The van der Waals surface area contributed by atoms with E-state index in [2.05, 4.69) is 0 Å². The van der Waals surface area contributed by atoms with E-state index in [-0.39, 0.29) is 130 Å². The molecule has 0 aliphatic heterocycles. The minimum Gasteiger partial charge on any atom is -0.304 e. The van der Waals surface area contributed by atoms with Crippen LogP contribution in [-0.4, -0.2) is 6.29 Å². The van der Waals surface area contributed by atoms with Crippen molar-refractivity contribution in [3.8, 4) is 0 Å². The zero-order chi connectivity index (χ0) is 2.71. The molecule has 0 bridgehead atoms. The van der Waals surface area contributed by atoms with E-state index in [0.29, 0.717) is 0 Å². The van der Waals surface area contributed by atoms with Crippen molar-refractivity contribution in [1.82, 2.24) is 0 Å². The van der Waals surface area contributed by atoms with Gasteiger partial charge in [0, 0.05) is 130 Å². The van der Waals surface area contributed by atoms with Crippen LogP contribution in [0.3, 0.4) is 0 Å². The van der Waals surface area contributed by atoms with Gasteiger partial charge in [0.15, 0.2) is 0 Å². The maximum atomic E-state index is 8.81. The molecule has 0 radical (unpaired) electrons. The molecule has 0 unspecified atom stereocenters. The molecule has 0 spiro atoms. The molecule has 9 heavy (non-hydrogen) atoms. The topological polar surface area (TPSA) is 17.1 Å². The van der Waals surface area contributed by atoms with Crippen LogP contribution < -0.4 is 0 Å². The van der Waals surface area contributed by atoms with E-state index in [4.69, 9.17) is 4.79 Å². The molecule has 0 aliphatic rings. The zero-order valence-electron chi connectivity index (χ0n) is 4.99. The average Bonchev–Trinajstić information content (AvgIpc) is 0.918. The first-order valence-electron chi connectivity index (χ1n) is 0.813. The molecule has 0 saturated heterocycles. The van der Waals surface area contributed by atoms with Gasteiger partial charge in [0.1, 0.15) is 6.29 Å². The van der Waals surface area contributed by atoms with Crippen LogP contribution in [0.15, 0.2) is 0 Å². The summed E-state index contributed by atoms with van der Waals surface area (Å²) in [5, 5.41) is 0. The van der Waals surface area contributed by atoms with Crippen molar-refractivity contribution in [1.29, 1.82) is 0 Å². The van der Waals surface area contributed by atoms with Crippen molar-refractivity contribution in [2.45, 2.75) is 6.92 Å². The third-order valence-corrected chi connectivity index (χ3v) is 0. The normalized spacial score (nSPS) is 1.44. The summed E-state index contributed by atoms with van der Waals surface area (Å²) in [4.78, 5) is 8.81. The summed E-state index contributed by atoms with van der Waals surface area (Å²) < 4.78 is 0. The minimum absolute atomic E-state index is 0. The predicted molar refractivity (Wildman–Crippen MR) is 11.7 cm³/mol. The van der Waals surface area contributed by atoms with Gasteiger partial charge >= 0.3 is 0 Å². The summed E-state index contributed by atoms with van der Waals surface area (Å²) in [5.41, 5.74) is 0. The third kappa shape index (κ3) is 75.7. The molecular weight excluding hydrogens is 327 g/mol. The Balaban J connectivity index is -0.00000000133. The van der Waals surface area contributed by atoms with E-state index < -0.39 is 0 Å². The Bertz CT molecular complexity index is 18.5. The van der Waals surface area contributed by atoms with Crippen molar-refractivity contribution in [3.05, 3.63) is 0 Å². The summed E-state index contributed by atoms with van der Waals surface area (Å²) >= 11 is 0. The first-order valence-corrected chi connectivity index (χ1v) is 0.813. The standard InChI is InChI=1S/C2H4O.6Ti/c1-2-3;;;;;;/h2H,1H3;;;;;;. The average molecular weight is 331 g/mol. The summed E-state index contributed by atoms with van der Waals surface area (Å²) in [7, 11) is 0. The molecule has 0 N–H and O–H groups in total. The van der Waals surface area contributed by atoms with Crippen molar-refractivity contribution in [2.24, 2.45) is 0 Å². The third-order valence-electron chi connectivity index (χ3n) is 0. The van der Waals surface area contributed by atoms with Crippen molar-refractivity contribution in [2.75, 3.05) is 0 Å². The number of hydrogen-bond donors (Lipinski definition) is 0. The smallest absolute Gasteiger partial charge is 0.116 e. The van der Waals surface area contributed by atoms with E-state index >= 15 is 0 Å². The second kappa shape index (κ2) is 58.4. The van der Waals surface area contributed by atoms with Crippen molar-refractivity contribution >= 4 is 6.29 Å². The quantitative estimate of drug-likeness (QED) is 0.458. The molecule has 0 saturated carbocycles. The van der Waals surface area contributed by atoms with Crippen LogP contribution in [0.2, 0.25) is 0 Å². The molecule has 7 heteroatoms. The number of carbonyl (C=O) groups is 1.